The Labute approximate surface area is 215 Å². The third-order valence-electron chi connectivity index (χ3n) is 6.41. The van der Waals surface area contributed by atoms with Gasteiger partial charge in [-0.05, 0) is 79.3 Å². The molecule has 182 valence electrons. The van der Waals surface area contributed by atoms with Gasteiger partial charge < -0.3 is 25.2 Å². The maximum Gasteiger partial charge on any atom is 0.226 e. The van der Waals surface area contributed by atoms with Gasteiger partial charge in [0.2, 0.25) is 5.91 Å². The van der Waals surface area contributed by atoms with Gasteiger partial charge in [-0.25, -0.2) is 0 Å². The number of benzene rings is 2. The molecule has 0 radical (unpaired) electrons. The van der Waals surface area contributed by atoms with Crippen molar-refractivity contribution in [2.45, 2.75) is 25.4 Å². The number of anilines is 1. The summed E-state index contributed by atoms with van der Waals surface area (Å²) in [4.78, 5) is 19.5. The van der Waals surface area contributed by atoms with Crippen LogP contribution in [0.25, 0.3) is 5.69 Å². The third kappa shape index (κ3) is 4.81. The molecule has 0 spiro atoms. The van der Waals surface area contributed by atoms with E-state index in [1.807, 2.05) is 73.8 Å². The first-order chi connectivity index (χ1) is 17.5. The monoisotopic (exact) mass is 497 g/mol. The lowest BCUT2D eigenvalue weighted by atomic mass is 10.0. The van der Waals surface area contributed by atoms with E-state index in [2.05, 4.69) is 31.2 Å². The van der Waals surface area contributed by atoms with Gasteiger partial charge in [-0.3, -0.25) is 9.78 Å². The van der Waals surface area contributed by atoms with Crippen molar-refractivity contribution in [3.05, 3.63) is 108 Å². The summed E-state index contributed by atoms with van der Waals surface area (Å²) < 4.78 is 2.08. The number of aromatic nitrogens is 2. The van der Waals surface area contributed by atoms with Gasteiger partial charge in [-0.15, -0.1) is 0 Å². The normalized spacial score (nSPS) is 17.1. The number of phenolic OH excluding ortho intramolecular Hbond substituents is 1. The SMILES string of the molecule is Cc1ccccc1NC(=O)CCN1C(=S)N[C@H](c2ccccn2)[C@@H]1c1cccn1-c1ccc(O)cc1. The molecule has 1 saturated heterocycles. The van der Waals surface area contributed by atoms with Crippen LogP contribution < -0.4 is 10.6 Å². The molecular formula is C28H27N5O2S. The van der Waals surface area contributed by atoms with Gasteiger partial charge in [-0.1, -0.05) is 24.3 Å². The summed E-state index contributed by atoms with van der Waals surface area (Å²) >= 11 is 5.76. The average Bonchev–Trinajstić information content (AvgIpc) is 3.49. The fourth-order valence-electron chi connectivity index (χ4n) is 4.60. The molecule has 36 heavy (non-hydrogen) atoms. The number of para-hydroxylation sites is 1. The van der Waals surface area contributed by atoms with Crippen molar-refractivity contribution in [2.75, 3.05) is 11.9 Å². The number of pyridine rings is 1. The lowest BCUT2D eigenvalue weighted by Gasteiger charge is -2.29. The van der Waals surface area contributed by atoms with Crippen molar-refractivity contribution in [1.29, 1.82) is 0 Å². The highest BCUT2D eigenvalue weighted by atomic mass is 32.1. The van der Waals surface area contributed by atoms with E-state index in [0.717, 1.165) is 28.3 Å². The molecule has 0 saturated carbocycles. The zero-order chi connectivity index (χ0) is 25.1. The number of hydrogen-bond acceptors (Lipinski definition) is 4. The van der Waals surface area contributed by atoms with E-state index in [4.69, 9.17) is 12.2 Å². The average molecular weight is 498 g/mol. The van der Waals surface area contributed by atoms with E-state index in [0.29, 0.717) is 11.7 Å². The molecule has 1 amide bonds. The van der Waals surface area contributed by atoms with Crippen molar-refractivity contribution in [2.24, 2.45) is 0 Å². The lowest BCUT2D eigenvalue weighted by Crippen LogP contribution is -2.33. The number of carbonyl (C=O) groups excluding carboxylic acids is 1. The quantitative estimate of drug-likeness (QED) is 0.316. The highest BCUT2D eigenvalue weighted by Crippen LogP contribution is 2.39. The number of thiocarbonyl (C=S) groups is 1. The zero-order valence-corrected chi connectivity index (χ0v) is 20.7. The first-order valence-corrected chi connectivity index (χ1v) is 12.2. The van der Waals surface area contributed by atoms with Crippen molar-refractivity contribution < 1.29 is 9.90 Å². The summed E-state index contributed by atoms with van der Waals surface area (Å²) in [7, 11) is 0. The van der Waals surface area contributed by atoms with Crippen LogP contribution in [-0.4, -0.2) is 37.1 Å². The Morgan fingerprint density at radius 1 is 1.06 bits per heavy atom. The van der Waals surface area contributed by atoms with Crippen LogP contribution in [0.3, 0.4) is 0 Å². The number of aromatic hydroxyl groups is 1. The molecule has 8 heteroatoms. The molecule has 1 aliphatic heterocycles. The number of phenols is 1. The number of aryl methyl sites for hydroxylation is 1. The van der Waals surface area contributed by atoms with Gasteiger partial charge in [-0.2, -0.15) is 0 Å². The molecule has 2 aromatic carbocycles. The fourth-order valence-corrected chi connectivity index (χ4v) is 4.93. The van der Waals surface area contributed by atoms with Crippen molar-refractivity contribution in [3.8, 4) is 11.4 Å². The highest BCUT2D eigenvalue weighted by Gasteiger charge is 2.41. The second-order valence-electron chi connectivity index (χ2n) is 8.75. The number of amides is 1. The highest BCUT2D eigenvalue weighted by molar-refractivity contribution is 7.80. The van der Waals surface area contributed by atoms with Gasteiger partial charge >= 0.3 is 0 Å². The minimum absolute atomic E-state index is 0.0685. The summed E-state index contributed by atoms with van der Waals surface area (Å²) in [6.45, 7) is 2.42. The predicted molar refractivity (Wildman–Crippen MR) is 144 cm³/mol. The Balaban J connectivity index is 1.44. The van der Waals surface area contributed by atoms with Crippen LogP contribution in [0.5, 0.6) is 5.75 Å². The topological polar surface area (TPSA) is 82.4 Å². The first kappa shape index (κ1) is 23.6. The summed E-state index contributed by atoms with van der Waals surface area (Å²) in [5.41, 5.74) is 4.62. The van der Waals surface area contributed by atoms with E-state index in [9.17, 15) is 9.90 Å². The summed E-state index contributed by atoms with van der Waals surface area (Å²) in [6, 6.07) is 24.3. The smallest absolute Gasteiger partial charge is 0.226 e. The predicted octanol–water partition coefficient (Wildman–Crippen LogP) is 4.89. The van der Waals surface area contributed by atoms with Gasteiger partial charge in [0.1, 0.15) is 5.75 Å². The number of nitrogens with one attached hydrogen (secondary N) is 2. The van der Waals surface area contributed by atoms with Crippen molar-refractivity contribution in [3.63, 3.8) is 0 Å². The Hall–Kier alpha value is -4.17. The van der Waals surface area contributed by atoms with Crippen LogP contribution in [0.4, 0.5) is 5.69 Å². The molecule has 1 fully saturated rings. The van der Waals surface area contributed by atoms with Crippen LogP contribution in [0.15, 0.2) is 91.3 Å². The number of hydrogen-bond donors (Lipinski definition) is 3. The standard InChI is InChI=1S/C28H27N5O2S/c1-19-7-2-3-8-22(19)30-25(35)15-18-33-27(26(31-28(33)36)23-9-4-5-16-29-23)24-10-6-17-32(24)20-11-13-21(34)14-12-20/h2-14,16-17,26-27,34H,15,18H2,1H3,(H,30,35)(H,31,36)/t26-,27+/m1/s1. The maximum absolute atomic E-state index is 12.9. The zero-order valence-electron chi connectivity index (χ0n) is 19.8. The van der Waals surface area contributed by atoms with Crippen LogP contribution >= 0.6 is 12.2 Å². The molecular weight excluding hydrogens is 470 g/mol. The van der Waals surface area contributed by atoms with Gasteiger partial charge in [0, 0.05) is 42.4 Å². The summed E-state index contributed by atoms with van der Waals surface area (Å²) in [5, 5.41) is 16.8. The Morgan fingerprint density at radius 2 is 1.83 bits per heavy atom. The molecule has 7 nitrogen and oxygen atoms in total. The van der Waals surface area contributed by atoms with Crippen LogP contribution in [0, 0.1) is 6.92 Å². The Bertz CT molecular complexity index is 1370. The van der Waals surface area contributed by atoms with E-state index >= 15 is 0 Å². The molecule has 2 atom stereocenters. The second-order valence-corrected chi connectivity index (χ2v) is 9.14. The molecule has 0 unspecified atom stereocenters. The molecule has 0 bridgehead atoms. The molecule has 3 N–H and O–H groups in total. The molecule has 2 aromatic heterocycles. The summed E-state index contributed by atoms with van der Waals surface area (Å²) in [6.07, 6.45) is 4.04. The Morgan fingerprint density at radius 3 is 2.58 bits per heavy atom. The number of nitrogens with zero attached hydrogens (tertiary/aromatic N) is 3. The van der Waals surface area contributed by atoms with Crippen LogP contribution in [0.1, 0.15) is 35.5 Å². The molecule has 3 heterocycles. The van der Waals surface area contributed by atoms with E-state index in [1.54, 1.807) is 18.3 Å². The maximum atomic E-state index is 12.9. The van der Waals surface area contributed by atoms with Crippen LogP contribution in [0.2, 0.25) is 0 Å². The molecule has 0 aliphatic carbocycles. The Kier molecular flexibility index (Phi) is 6.69. The third-order valence-corrected chi connectivity index (χ3v) is 6.76. The lowest BCUT2D eigenvalue weighted by molar-refractivity contribution is -0.116. The summed E-state index contributed by atoms with van der Waals surface area (Å²) in [5.74, 6) is 0.143. The van der Waals surface area contributed by atoms with Crippen LogP contribution in [-0.2, 0) is 4.79 Å². The first-order valence-electron chi connectivity index (χ1n) is 11.8. The van der Waals surface area contributed by atoms with Crippen molar-refractivity contribution >= 4 is 28.9 Å². The van der Waals surface area contributed by atoms with Crippen molar-refractivity contribution in [1.82, 2.24) is 19.8 Å². The molecule has 4 aromatic rings. The van der Waals surface area contributed by atoms with E-state index < -0.39 is 0 Å². The van der Waals surface area contributed by atoms with E-state index in [-0.39, 0.29) is 30.2 Å². The minimum Gasteiger partial charge on any atom is -0.508 e. The largest absolute Gasteiger partial charge is 0.508 e. The van der Waals surface area contributed by atoms with Gasteiger partial charge in [0.05, 0.1) is 17.8 Å². The minimum atomic E-state index is -0.192. The number of rotatable bonds is 7. The fraction of sp³-hybridized carbons (Fsp3) is 0.179. The molecule has 5 rings (SSSR count). The van der Waals surface area contributed by atoms with Gasteiger partial charge in [0.25, 0.3) is 0 Å². The second kappa shape index (κ2) is 10.2. The molecule has 1 aliphatic rings. The number of carbonyl (C=O) groups is 1. The van der Waals surface area contributed by atoms with Gasteiger partial charge in [0.15, 0.2) is 5.11 Å². The van der Waals surface area contributed by atoms with E-state index in [1.165, 1.54) is 0 Å².